The molecule has 0 spiro atoms. The van der Waals surface area contributed by atoms with Gasteiger partial charge in [0.15, 0.2) is 0 Å². The standard InChI is InChI=1S/C15H23BrN2O2S/c1-11-2-4-12(5-3-11)8-9-18-21(19,20)15-10-13(17)6-7-14(15)16/h6-7,10-12,18H,2-5,8-9,17H2,1H3. The lowest BCUT2D eigenvalue weighted by Gasteiger charge is -2.26. The van der Waals surface area contributed by atoms with Crippen LogP contribution in [0.5, 0.6) is 0 Å². The molecule has 0 unspecified atom stereocenters. The van der Waals surface area contributed by atoms with Gasteiger partial charge in [-0.05, 0) is 52.4 Å². The first kappa shape index (κ1) is 16.8. The van der Waals surface area contributed by atoms with Crippen LogP contribution in [0, 0.1) is 11.8 Å². The van der Waals surface area contributed by atoms with Crippen molar-refractivity contribution in [2.24, 2.45) is 11.8 Å². The zero-order chi connectivity index (χ0) is 15.5. The van der Waals surface area contributed by atoms with Gasteiger partial charge in [0.2, 0.25) is 10.0 Å². The van der Waals surface area contributed by atoms with Crippen molar-refractivity contribution in [3.63, 3.8) is 0 Å². The van der Waals surface area contributed by atoms with Gasteiger partial charge in [-0.2, -0.15) is 0 Å². The van der Waals surface area contributed by atoms with Crippen LogP contribution in [0.1, 0.15) is 39.0 Å². The lowest BCUT2D eigenvalue weighted by atomic mass is 9.81. The summed E-state index contributed by atoms with van der Waals surface area (Å²) in [6, 6.07) is 4.81. The van der Waals surface area contributed by atoms with Crippen molar-refractivity contribution in [3.05, 3.63) is 22.7 Å². The molecule has 1 aliphatic carbocycles. The minimum absolute atomic E-state index is 0.208. The molecule has 4 nitrogen and oxygen atoms in total. The van der Waals surface area contributed by atoms with E-state index in [1.807, 2.05) is 0 Å². The van der Waals surface area contributed by atoms with Gasteiger partial charge < -0.3 is 5.73 Å². The van der Waals surface area contributed by atoms with Crippen LogP contribution in [0.3, 0.4) is 0 Å². The minimum Gasteiger partial charge on any atom is -0.399 e. The van der Waals surface area contributed by atoms with E-state index in [-0.39, 0.29) is 4.90 Å². The zero-order valence-electron chi connectivity index (χ0n) is 12.3. The lowest BCUT2D eigenvalue weighted by Crippen LogP contribution is -2.27. The molecule has 0 bridgehead atoms. The molecule has 1 aliphatic rings. The van der Waals surface area contributed by atoms with E-state index in [4.69, 9.17) is 5.73 Å². The van der Waals surface area contributed by atoms with Crippen LogP contribution in [0.4, 0.5) is 5.69 Å². The van der Waals surface area contributed by atoms with E-state index in [1.165, 1.54) is 31.7 Å². The van der Waals surface area contributed by atoms with E-state index in [0.29, 0.717) is 22.6 Å². The number of anilines is 1. The number of nitrogen functional groups attached to an aromatic ring is 1. The highest BCUT2D eigenvalue weighted by molar-refractivity contribution is 9.10. The second kappa shape index (κ2) is 7.11. The molecule has 1 aromatic carbocycles. The third-order valence-electron chi connectivity index (χ3n) is 4.22. The molecule has 3 N–H and O–H groups in total. The highest BCUT2D eigenvalue weighted by Crippen LogP contribution is 2.30. The van der Waals surface area contributed by atoms with Crippen molar-refractivity contribution in [2.45, 2.75) is 43.9 Å². The van der Waals surface area contributed by atoms with E-state index in [2.05, 4.69) is 27.6 Å². The number of rotatable bonds is 5. The van der Waals surface area contributed by atoms with Crippen molar-refractivity contribution in [1.29, 1.82) is 0 Å². The maximum atomic E-state index is 12.3. The number of nitrogens with one attached hydrogen (secondary N) is 1. The summed E-state index contributed by atoms with van der Waals surface area (Å²) in [7, 11) is -3.50. The van der Waals surface area contributed by atoms with Crippen LogP contribution in [-0.4, -0.2) is 15.0 Å². The summed E-state index contributed by atoms with van der Waals surface area (Å²) >= 11 is 3.27. The average molecular weight is 375 g/mol. The molecule has 1 fully saturated rings. The van der Waals surface area contributed by atoms with Crippen LogP contribution < -0.4 is 10.5 Å². The average Bonchev–Trinajstić information content (AvgIpc) is 2.43. The summed E-state index contributed by atoms with van der Waals surface area (Å²) in [4.78, 5) is 0.208. The Labute approximate surface area is 135 Å². The molecular formula is C15H23BrN2O2S. The summed E-state index contributed by atoms with van der Waals surface area (Å²) in [5.41, 5.74) is 6.11. The highest BCUT2D eigenvalue weighted by Gasteiger charge is 2.21. The van der Waals surface area contributed by atoms with E-state index < -0.39 is 10.0 Å². The Morgan fingerprint density at radius 3 is 2.62 bits per heavy atom. The molecule has 1 saturated carbocycles. The maximum Gasteiger partial charge on any atom is 0.241 e. The van der Waals surface area contributed by atoms with E-state index in [1.54, 1.807) is 12.1 Å². The molecule has 1 aromatic rings. The molecule has 118 valence electrons. The van der Waals surface area contributed by atoms with Gasteiger partial charge in [-0.3, -0.25) is 0 Å². The van der Waals surface area contributed by atoms with Gasteiger partial charge in [-0.15, -0.1) is 0 Å². The van der Waals surface area contributed by atoms with Gasteiger partial charge in [0.05, 0.1) is 4.90 Å². The van der Waals surface area contributed by atoms with Crippen molar-refractivity contribution < 1.29 is 8.42 Å². The Kier molecular flexibility index (Phi) is 5.68. The van der Waals surface area contributed by atoms with Gasteiger partial charge in [0.25, 0.3) is 0 Å². The monoisotopic (exact) mass is 374 g/mol. The molecule has 21 heavy (non-hydrogen) atoms. The lowest BCUT2D eigenvalue weighted by molar-refractivity contribution is 0.278. The second-order valence-corrected chi connectivity index (χ2v) is 8.59. The third kappa shape index (κ3) is 4.69. The summed E-state index contributed by atoms with van der Waals surface area (Å²) in [6.45, 7) is 2.78. The molecule has 0 heterocycles. The Morgan fingerprint density at radius 1 is 1.29 bits per heavy atom. The Bertz CT molecular complexity index is 581. The van der Waals surface area contributed by atoms with Crippen molar-refractivity contribution in [3.8, 4) is 0 Å². The van der Waals surface area contributed by atoms with Crippen molar-refractivity contribution >= 4 is 31.6 Å². The van der Waals surface area contributed by atoms with Crippen LogP contribution >= 0.6 is 15.9 Å². The summed E-state index contributed by atoms with van der Waals surface area (Å²) in [5.74, 6) is 1.47. The molecule has 0 aliphatic heterocycles. The number of benzene rings is 1. The third-order valence-corrected chi connectivity index (χ3v) is 6.68. The van der Waals surface area contributed by atoms with Gasteiger partial charge >= 0.3 is 0 Å². The first-order chi connectivity index (χ1) is 9.88. The summed E-state index contributed by atoms with van der Waals surface area (Å²) in [5, 5.41) is 0. The topological polar surface area (TPSA) is 72.2 Å². The fraction of sp³-hybridized carbons (Fsp3) is 0.600. The molecule has 0 radical (unpaired) electrons. The second-order valence-electron chi connectivity index (χ2n) is 6.00. The number of nitrogens with two attached hydrogens (primary N) is 1. The van der Waals surface area contributed by atoms with E-state index in [0.717, 1.165) is 12.3 Å². The van der Waals surface area contributed by atoms with E-state index in [9.17, 15) is 8.42 Å². The summed E-state index contributed by atoms with van der Waals surface area (Å²) < 4.78 is 27.8. The predicted octanol–water partition coefficient (Wildman–Crippen LogP) is 3.53. The molecule has 0 aromatic heterocycles. The van der Waals surface area contributed by atoms with Gasteiger partial charge in [-0.1, -0.05) is 32.6 Å². The quantitative estimate of drug-likeness (QED) is 0.774. The summed E-state index contributed by atoms with van der Waals surface area (Å²) in [6.07, 6.45) is 5.86. The van der Waals surface area contributed by atoms with Crippen LogP contribution in [0.15, 0.2) is 27.6 Å². The molecule has 2 rings (SSSR count). The fourth-order valence-electron chi connectivity index (χ4n) is 2.82. The largest absolute Gasteiger partial charge is 0.399 e. The first-order valence-electron chi connectivity index (χ1n) is 7.43. The van der Waals surface area contributed by atoms with E-state index >= 15 is 0 Å². The van der Waals surface area contributed by atoms with Crippen LogP contribution in [0.25, 0.3) is 0 Å². The molecule has 0 saturated heterocycles. The Balaban J connectivity index is 1.91. The van der Waals surface area contributed by atoms with Crippen LogP contribution in [-0.2, 0) is 10.0 Å². The first-order valence-corrected chi connectivity index (χ1v) is 9.71. The molecule has 6 heteroatoms. The molecule has 0 amide bonds. The highest BCUT2D eigenvalue weighted by atomic mass is 79.9. The predicted molar refractivity (Wildman–Crippen MR) is 89.5 cm³/mol. The van der Waals surface area contributed by atoms with Gasteiger partial charge in [0.1, 0.15) is 0 Å². The van der Waals surface area contributed by atoms with Crippen LogP contribution in [0.2, 0.25) is 0 Å². The van der Waals surface area contributed by atoms with Gasteiger partial charge in [0, 0.05) is 16.7 Å². The number of halogens is 1. The molecule has 0 atom stereocenters. The number of hydrogen-bond acceptors (Lipinski definition) is 3. The smallest absolute Gasteiger partial charge is 0.241 e. The molecular weight excluding hydrogens is 352 g/mol. The normalized spacial score (nSPS) is 23.1. The number of hydrogen-bond donors (Lipinski definition) is 2. The SMILES string of the molecule is CC1CCC(CCNS(=O)(=O)c2cc(N)ccc2Br)CC1. The Morgan fingerprint density at radius 2 is 1.95 bits per heavy atom. The maximum absolute atomic E-state index is 12.3. The zero-order valence-corrected chi connectivity index (χ0v) is 14.7. The van der Waals surface area contributed by atoms with Crippen molar-refractivity contribution in [2.75, 3.05) is 12.3 Å². The van der Waals surface area contributed by atoms with Gasteiger partial charge in [-0.25, -0.2) is 13.1 Å². The Hall–Kier alpha value is -0.590. The van der Waals surface area contributed by atoms with Crippen molar-refractivity contribution in [1.82, 2.24) is 4.72 Å². The minimum atomic E-state index is -3.50. The number of sulfonamides is 1. The fourth-order valence-corrected chi connectivity index (χ4v) is 4.86.